The molecule has 6 nitrogen and oxygen atoms in total. The van der Waals surface area contributed by atoms with Gasteiger partial charge in [-0.05, 0) is 42.0 Å². The number of thiazole rings is 1. The van der Waals surface area contributed by atoms with E-state index in [0.717, 1.165) is 29.7 Å². The molecule has 0 bridgehead atoms. The zero-order chi connectivity index (χ0) is 21.8. The van der Waals surface area contributed by atoms with E-state index in [1.54, 1.807) is 34.8 Å². The van der Waals surface area contributed by atoms with Gasteiger partial charge < -0.3 is 0 Å². The van der Waals surface area contributed by atoms with Crippen molar-refractivity contribution in [1.29, 1.82) is 0 Å². The molecule has 162 valence electrons. The van der Waals surface area contributed by atoms with E-state index in [9.17, 15) is 8.42 Å². The highest BCUT2D eigenvalue weighted by Gasteiger charge is 2.26. The summed E-state index contributed by atoms with van der Waals surface area (Å²) in [5, 5.41) is 6.88. The molecule has 0 unspecified atom stereocenters. The fourth-order valence-electron chi connectivity index (χ4n) is 3.46. The first kappa shape index (κ1) is 21.7. The van der Waals surface area contributed by atoms with E-state index in [1.807, 2.05) is 17.5 Å². The summed E-state index contributed by atoms with van der Waals surface area (Å²) in [6, 6.07) is 15.3. The van der Waals surface area contributed by atoms with Crippen LogP contribution in [0.2, 0.25) is 0 Å². The van der Waals surface area contributed by atoms with Crippen molar-refractivity contribution in [3.63, 3.8) is 0 Å². The first-order valence-electron chi connectivity index (χ1n) is 10.4. The van der Waals surface area contributed by atoms with E-state index in [-0.39, 0.29) is 0 Å². The summed E-state index contributed by atoms with van der Waals surface area (Å²) in [6.45, 7) is 5.55. The number of aromatic nitrogens is 1. The highest BCUT2D eigenvalue weighted by atomic mass is 32.2. The number of sulfonamides is 1. The lowest BCUT2D eigenvalue weighted by atomic mass is 10.0. The Morgan fingerprint density at radius 1 is 1.06 bits per heavy atom. The lowest BCUT2D eigenvalue weighted by Gasteiger charge is -2.15. The smallest absolute Gasteiger partial charge is 0.243 e. The van der Waals surface area contributed by atoms with Crippen LogP contribution >= 0.6 is 11.3 Å². The van der Waals surface area contributed by atoms with Gasteiger partial charge in [-0.25, -0.2) is 13.4 Å². The molecule has 0 atom stereocenters. The van der Waals surface area contributed by atoms with Gasteiger partial charge in [-0.15, -0.1) is 11.3 Å². The fraction of sp³-hybridized carbons (Fsp3) is 0.304. The maximum absolute atomic E-state index is 12.7. The largest absolute Gasteiger partial charge is 0.253 e. The summed E-state index contributed by atoms with van der Waals surface area (Å²) in [5.74, 6) is 0.507. The van der Waals surface area contributed by atoms with Crippen LogP contribution in [0.1, 0.15) is 43.7 Å². The van der Waals surface area contributed by atoms with Gasteiger partial charge in [0.25, 0.3) is 0 Å². The molecule has 1 N–H and O–H groups in total. The molecule has 2 heterocycles. The van der Waals surface area contributed by atoms with Crippen molar-refractivity contribution in [1.82, 2.24) is 9.29 Å². The van der Waals surface area contributed by atoms with Crippen molar-refractivity contribution >= 4 is 32.7 Å². The maximum Gasteiger partial charge on any atom is 0.243 e. The first-order valence-corrected chi connectivity index (χ1v) is 12.7. The maximum atomic E-state index is 12.7. The molecule has 1 aromatic heterocycles. The number of hydrogen-bond donors (Lipinski definition) is 1. The van der Waals surface area contributed by atoms with Crippen molar-refractivity contribution < 1.29 is 8.42 Å². The number of anilines is 1. The summed E-state index contributed by atoms with van der Waals surface area (Å²) in [4.78, 5) is 4.89. The molecule has 1 saturated heterocycles. The molecule has 0 amide bonds. The minimum Gasteiger partial charge on any atom is -0.253 e. The number of hydrogen-bond acceptors (Lipinski definition) is 6. The monoisotopic (exact) mass is 454 g/mol. The van der Waals surface area contributed by atoms with Gasteiger partial charge in [0.15, 0.2) is 0 Å². The number of rotatable bonds is 7. The van der Waals surface area contributed by atoms with E-state index >= 15 is 0 Å². The Labute approximate surface area is 187 Å². The van der Waals surface area contributed by atoms with Crippen LogP contribution in [0.5, 0.6) is 0 Å². The Hall–Kier alpha value is -2.55. The number of nitrogens with one attached hydrogen (secondary N) is 1. The van der Waals surface area contributed by atoms with Gasteiger partial charge >= 0.3 is 0 Å². The van der Waals surface area contributed by atoms with Crippen LogP contribution in [0.15, 0.2) is 63.9 Å². The summed E-state index contributed by atoms with van der Waals surface area (Å²) in [7, 11) is -3.39. The van der Waals surface area contributed by atoms with Crippen molar-refractivity contribution in [2.75, 3.05) is 18.5 Å². The van der Waals surface area contributed by atoms with Crippen LogP contribution in [-0.4, -0.2) is 37.0 Å². The average molecular weight is 455 g/mol. The highest BCUT2D eigenvalue weighted by Crippen LogP contribution is 2.27. The fourth-order valence-corrected chi connectivity index (χ4v) is 5.65. The van der Waals surface area contributed by atoms with Gasteiger partial charge in [0.2, 0.25) is 15.2 Å². The topological polar surface area (TPSA) is 74.7 Å². The predicted octanol–water partition coefficient (Wildman–Crippen LogP) is 5.16. The van der Waals surface area contributed by atoms with E-state index in [2.05, 4.69) is 41.5 Å². The molecule has 2 aromatic carbocycles. The van der Waals surface area contributed by atoms with Gasteiger partial charge in [0, 0.05) is 24.0 Å². The molecule has 1 aliphatic rings. The number of hydrazone groups is 1. The van der Waals surface area contributed by atoms with Crippen LogP contribution in [0, 0.1) is 0 Å². The number of nitrogens with zero attached hydrogens (tertiary/aromatic N) is 3. The van der Waals surface area contributed by atoms with Crippen LogP contribution in [0.4, 0.5) is 5.13 Å². The summed E-state index contributed by atoms with van der Waals surface area (Å²) in [5.41, 5.74) is 6.94. The highest BCUT2D eigenvalue weighted by molar-refractivity contribution is 7.89. The van der Waals surface area contributed by atoms with Gasteiger partial charge in [-0.3, -0.25) is 5.43 Å². The molecular weight excluding hydrogens is 428 g/mol. The molecule has 0 spiro atoms. The van der Waals surface area contributed by atoms with Crippen molar-refractivity contribution in [2.24, 2.45) is 5.10 Å². The standard InChI is InChI=1S/C23H26N4O2S2/c1-17(2)19-7-5-18(6-8-19)15-24-26-23-25-22(16-30-23)20-9-11-21(12-10-20)31(28,29)27-13-3-4-14-27/h5-12,15-17H,3-4,13-14H2,1-2H3,(H,25,26)/b24-15-. The molecule has 0 radical (unpaired) electrons. The summed E-state index contributed by atoms with van der Waals surface area (Å²) in [6.07, 6.45) is 3.62. The zero-order valence-corrected chi connectivity index (χ0v) is 19.3. The van der Waals surface area contributed by atoms with E-state index in [1.165, 1.54) is 16.9 Å². The molecular formula is C23H26N4O2S2. The molecule has 1 aliphatic heterocycles. The zero-order valence-electron chi connectivity index (χ0n) is 17.7. The summed E-state index contributed by atoms with van der Waals surface area (Å²) < 4.78 is 26.9. The van der Waals surface area contributed by atoms with Gasteiger partial charge in [0.05, 0.1) is 16.8 Å². The Morgan fingerprint density at radius 2 is 1.74 bits per heavy atom. The van der Waals surface area contributed by atoms with Crippen LogP contribution in [-0.2, 0) is 10.0 Å². The van der Waals surface area contributed by atoms with Gasteiger partial charge in [-0.1, -0.05) is 50.2 Å². The van der Waals surface area contributed by atoms with Crippen molar-refractivity contribution in [2.45, 2.75) is 37.5 Å². The second-order valence-electron chi connectivity index (χ2n) is 7.86. The first-order chi connectivity index (χ1) is 14.9. The average Bonchev–Trinajstić information content (AvgIpc) is 3.47. The number of benzene rings is 2. The SMILES string of the molecule is CC(C)c1ccc(/C=N\Nc2nc(-c3ccc(S(=O)(=O)N4CCCC4)cc3)cs2)cc1. The third-order valence-electron chi connectivity index (χ3n) is 5.33. The molecule has 0 saturated carbocycles. The molecule has 1 fully saturated rings. The predicted molar refractivity (Wildman–Crippen MR) is 127 cm³/mol. The molecule has 8 heteroatoms. The Bertz CT molecular complexity index is 1150. The summed E-state index contributed by atoms with van der Waals surface area (Å²) >= 11 is 1.45. The van der Waals surface area contributed by atoms with Crippen molar-refractivity contribution in [3.05, 3.63) is 65.0 Å². The molecule has 31 heavy (non-hydrogen) atoms. The minimum absolute atomic E-state index is 0.333. The second-order valence-corrected chi connectivity index (χ2v) is 10.7. The van der Waals surface area contributed by atoms with Crippen LogP contribution in [0.25, 0.3) is 11.3 Å². The second kappa shape index (κ2) is 9.30. The van der Waals surface area contributed by atoms with E-state index in [0.29, 0.717) is 29.0 Å². The van der Waals surface area contributed by atoms with E-state index in [4.69, 9.17) is 0 Å². The molecule has 0 aliphatic carbocycles. The minimum atomic E-state index is -3.39. The van der Waals surface area contributed by atoms with E-state index < -0.39 is 10.0 Å². The Kier molecular flexibility index (Phi) is 6.50. The lowest BCUT2D eigenvalue weighted by molar-refractivity contribution is 0.477. The van der Waals surface area contributed by atoms with Gasteiger partial charge in [-0.2, -0.15) is 9.41 Å². The lowest BCUT2D eigenvalue weighted by Crippen LogP contribution is -2.27. The van der Waals surface area contributed by atoms with Crippen LogP contribution in [0.3, 0.4) is 0 Å². The van der Waals surface area contributed by atoms with Crippen molar-refractivity contribution in [3.8, 4) is 11.3 Å². The van der Waals surface area contributed by atoms with Crippen LogP contribution < -0.4 is 5.43 Å². The van der Waals surface area contributed by atoms with Gasteiger partial charge in [0.1, 0.15) is 0 Å². The quantitative estimate of drug-likeness (QED) is 0.395. The third-order valence-corrected chi connectivity index (χ3v) is 7.99. The Balaban J connectivity index is 1.40. The third kappa shape index (κ3) is 5.03. The normalized spacial score (nSPS) is 15.2. The molecule has 4 rings (SSSR count). The molecule has 3 aromatic rings. The Morgan fingerprint density at radius 3 is 2.39 bits per heavy atom.